The number of nitrogens with zero attached hydrogens (tertiary/aromatic N) is 1. The molecule has 1 heterocycles. The van der Waals surface area contributed by atoms with E-state index in [1.54, 1.807) is 0 Å². The molecular weight excluding hydrogens is 274 g/mol. The molecule has 1 atom stereocenters. The van der Waals surface area contributed by atoms with Crippen molar-refractivity contribution in [1.82, 2.24) is 4.90 Å². The van der Waals surface area contributed by atoms with Gasteiger partial charge < -0.3 is 18.2 Å². The lowest BCUT2D eigenvalue weighted by Gasteiger charge is -2.39. The Morgan fingerprint density at radius 1 is 1.10 bits per heavy atom. The van der Waals surface area contributed by atoms with Gasteiger partial charge in [0.2, 0.25) is 5.91 Å². The molecule has 0 N–H and O–H groups in total. The van der Waals surface area contributed by atoms with Crippen LogP contribution in [0.5, 0.6) is 0 Å². The summed E-state index contributed by atoms with van der Waals surface area (Å²) in [6.07, 6.45) is 3.41. The molecule has 1 fully saturated rings. The Balaban J connectivity index is 3.03. The second-order valence-corrected chi connectivity index (χ2v) is 7.64. The van der Waals surface area contributed by atoms with Crippen LogP contribution in [0.25, 0.3) is 0 Å². The van der Waals surface area contributed by atoms with Gasteiger partial charge in [0, 0.05) is 32.8 Å². The molecule has 0 aromatic heterocycles. The molecule has 1 rings (SSSR count). The molecule has 1 unspecified atom stereocenters. The Bertz CT molecular complexity index is 284. The minimum atomic E-state index is -2.85. The smallest absolute Gasteiger partial charge is 0.373 e. The summed E-state index contributed by atoms with van der Waals surface area (Å²) in [6.45, 7) is 10.4. The highest BCUT2D eigenvalue weighted by atomic mass is 28.4. The van der Waals surface area contributed by atoms with Crippen molar-refractivity contribution >= 4 is 14.7 Å². The van der Waals surface area contributed by atoms with Crippen LogP contribution in [0, 0.1) is 0 Å². The SMILES string of the molecule is CCCC(N1CCCC1=O)[Si](OCC)(OCC)OCC. The second-order valence-electron chi connectivity index (χ2n) is 4.90. The maximum absolute atomic E-state index is 12.1. The van der Waals surface area contributed by atoms with E-state index in [0.717, 1.165) is 25.8 Å². The molecule has 0 bridgehead atoms. The molecule has 118 valence electrons. The Morgan fingerprint density at radius 2 is 1.65 bits per heavy atom. The Morgan fingerprint density at radius 3 is 2.00 bits per heavy atom. The standard InChI is InChI=1S/C14H29NO4Si/c1-5-10-14(15-12-9-11-13(15)16)20(17-6-2,18-7-3)19-8-4/h14H,5-12H2,1-4H3. The fourth-order valence-corrected chi connectivity index (χ4v) is 6.14. The van der Waals surface area contributed by atoms with E-state index in [2.05, 4.69) is 6.92 Å². The van der Waals surface area contributed by atoms with E-state index in [1.807, 2.05) is 25.7 Å². The molecule has 0 aliphatic carbocycles. The van der Waals surface area contributed by atoms with Crippen LogP contribution in [0.2, 0.25) is 0 Å². The lowest BCUT2D eigenvalue weighted by Crippen LogP contribution is -2.63. The largest absolute Gasteiger partial charge is 0.524 e. The number of hydrogen-bond donors (Lipinski definition) is 0. The average Bonchev–Trinajstić information content (AvgIpc) is 2.83. The predicted octanol–water partition coefficient (Wildman–Crippen LogP) is 2.37. The summed E-state index contributed by atoms with van der Waals surface area (Å²) < 4.78 is 18.0. The van der Waals surface area contributed by atoms with Crippen molar-refractivity contribution in [3.05, 3.63) is 0 Å². The summed E-state index contributed by atoms with van der Waals surface area (Å²) in [4.78, 5) is 14.1. The van der Waals surface area contributed by atoms with Gasteiger partial charge in [0.25, 0.3) is 0 Å². The first kappa shape index (κ1) is 17.6. The van der Waals surface area contributed by atoms with Gasteiger partial charge in [-0.15, -0.1) is 0 Å². The van der Waals surface area contributed by atoms with Crippen molar-refractivity contribution < 1.29 is 18.1 Å². The number of carbonyl (C=O) groups excluding carboxylic acids is 1. The van der Waals surface area contributed by atoms with Crippen molar-refractivity contribution in [2.75, 3.05) is 26.4 Å². The van der Waals surface area contributed by atoms with Crippen LogP contribution in [0.3, 0.4) is 0 Å². The number of carbonyl (C=O) groups is 1. The van der Waals surface area contributed by atoms with E-state index in [0.29, 0.717) is 26.2 Å². The maximum atomic E-state index is 12.1. The van der Waals surface area contributed by atoms with Gasteiger partial charge in [-0.3, -0.25) is 4.79 Å². The zero-order chi connectivity index (χ0) is 15.0. The highest BCUT2D eigenvalue weighted by Crippen LogP contribution is 2.27. The predicted molar refractivity (Wildman–Crippen MR) is 80.3 cm³/mol. The molecule has 0 radical (unpaired) electrons. The summed E-state index contributed by atoms with van der Waals surface area (Å²) in [7, 11) is -2.85. The minimum Gasteiger partial charge on any atom is -0.373 e. The third-order valence-corrected chi connectivity index (χ3v) is 6.98. The third-order valence-electron chi connectivity index (χ3n) is 3.49. The Labute approximate surface area is 123 Å². The summed E-state index contributed by atoms with van der Waals surface area (Å²) in [5.74, 6) is 0.208. The molecule has 5 nitrogen and oxygen atoms in total. The molecule has 1 amide bonds. The van der Waals surface area contributed by atoms with Crippen LogP contribution in [0.1, 0.15) is 53.4 Å². The summed E-state index contributed by atoms with van der Waals surface area (Å²) in [5.41, 5.74) is -0.0395. The third kappa shape index (κ3) is 4.04. The molecule has 1 saturated heterocycles. The van der Waals surface area contributed by atoms with Crippen molar-refractivity contribution in [1.29, 1.82) is 0 Å². The van der Waals surface area contributed by atoms with Crippen LogP contribution in [-0.4, -0.2) is 51.6 Å². The fraction of sp³-hybridized carbons (Fsp3) is 0.929. The fourth-order valence-electron chi connectivity index (χ4n) is 2.81. The van der Waals surface area contributed by atoms with Gasteiger partial charge >= 0.3 is 8.80 Å². The summed E-state index contributed by atoms with van der Waals surface area (Å²) in [6, 6.07) is 0. The van der Waals surface area contributed by atoms with E-state index in [4.69, 9.17) is 13.3 Å². The first-order valence-electron chi connectivity index (χ1n) is 7.86. The molecule has 1 aliphatic rings. The monoisotopic (exact) mass is 303 g/mol. The average molecular weight is 303 g/mol. The van der Waals surface area contributed by atoms with Gasteiger partial charge in [0.05, 0.1) is 0 Å². The highest BCUT2D eigenvalue weighted by molar-refractivity contribution is 6.62. The van der Waals surface area contributed by atoms with Crippen LogP contribution in [0.15, 0.2) is 0 Å². The number of amides is 1. The Kier molecular flexibility index (Phi) is 7.72. The van der Waals surface area contributed by atoms with Gasteiger partial charge in [-0.05, 0) is 33.6 Å². The lowest BCUT2D eigenvalue weighted by atomic mass is 10.3. The van der Waals surface area contributed by atoms with Gasteiger partial charge in [-0.1, -0.05) is 13.3 Å². The van der Waals surface area contributed by atoms with Gasteiger partial charge in [-0.25, -0.2) is 0 Å². The molecule has 0 aromatic rings. The summed E-state index contributed by atoms with van der Waals surface area (Å²) in [5, 5.41) is 0. The topological polar surface area (TPSA) is 48.0 Å². The second kappa shape index (κ2) is 8.77. The van der Waals surface area contributed by atoms with Crippen LogP contribution < -0.4 is 0 Å². The van der Waals surface area contributed by atoms with E-state index in [9.17, 15) is 4.79 Å². The zero-order valence-electron chi connectivity index (χ0n) is 13.3. The molecule has 6 heteroatoms. The molecule has 0 aromatic carbocycles. The van der Waals surface area contributed by atoms with Crippen LogP contribution in [-0.2, 0) is 18.1 Å². The minimum absolute atomic E-state index is 0.0395. The van der Waals surface area contributed by atoms with Crippen molar-refractivity contribution in [3.8, 4) is 0 Å². The molecule has 1 aliphatic heterocycles. The van der Waals surface area contributed by atoms with Gasteiger partial charge in [0.1, 0.15) is 5.67 Å². The van der Waals surface area contributed by atoms with Crippen molar-refractivity contribution in [2.24, 2.45) is 0 Å². The normalized spacial score (nSPS) is 17.8. The van der Waals surface area contributed by atoms with Crippen LogP contribution >= 0.6 is 0 Å². The zero-order valence-corrected chi connectivity index (χ0v) is 14.3. The molecule has 0 saturated carbocycles. The van der Waals surface area contributed by atoms with E-state index in [-0.39, 0.29) is 11.6 Å². The molecule has 0 spiro atoms. The van der Waals surface area contributed by atoms with Crippen molar-refractivity contribution in [3.63, 3.8) is 0 Å². The van der Waals surface area contributed by atoms with E-state index >= 15 is 0 Å². The first-order valence-corrected chi connectivity index (χ1v) is 9.66. The van der Waals surface area contributed by atoms with Crippen LogP contribution in [0.4, 0.5) is 0 Å². The van der Waals surface area contributed by atoms with Crippen molar-refractivity contribution in [2.45, 2.75) is 59.0 Å². The quantitative estimate of drug-likeness (QED) is 0.581. The lowest BCUT2D eigenvalue weighted by molar-refractivity contribution is -0.130. The molecular formula is C14H29NO4Si. The van der Waals surface area contributed by atoms with Gasteiger partial charge in [-0.2, -0.15) is 0 Å². The number of likely N-dealkylation sites (tertiary alicyclic amines) is 1. The van der Waals surface area contributed by atoms with E-state index in [1.165, 1.54) is 0 Å². The first-order chi connectivity index (χ1) is 9.65. The summed E-state index contributed by atoms with van der Waals surface area (Å²) >= 11 is 0. The van der Waals surface area contributed by atoms with Gasteiger partial charge in [0.15, 0.2) is 0 Å². The molecule has 20 heavy (non-hydrogen) atoms. The maximum Gasteiger partial charge on any atom is 0.524 e. The van der Waals surface area contributed by atoms with E-state index < -0.39 is 8.80 Å². The number of hydrogen-bond acceptors (Lipinski definition) is 4. The Hall–Kier alpha value is -0.433. The number of rotatable bonds is 10. The highest BCUT2D eigenvalue weighted by Gasteiger charge is 2.53.